The summed E-state index contributed by atoms with van der Waals surface area (Å²) in [6, 6.07) is 3.63. The van der Waals surface area contributed by atoms with Crippen LogP contribution < -0.4 is 15.2 Å². The van der Waals surface area contributed by atoms with E-state index in [-0.39, 0.29) is 0 Å². The zero-order valence-electron chi connectivity index (χ0n) is 10.4. The number of nitrogens with two attached hydrogens (primary N) is 1. The molecular formula is C13H13BrN2O3. The smallest absolute Gasteiger partial charge is 0.222 e. The van der Waals surface area contributed by atoms with Crippen LogP contribution in [0.15, 0.2) is 21.1 Å². The second-order valence-electron chi connectivity index (χ2n) is 4.21. The van der Waals surface area contributed by atoms with Gasteiger partial charge in [-0.3, -0.25) is 0 Å². The quantitative estimate of drug-likeness (QED) is 0.919. The van der Waals surface area contributed by atoms with E-state index in [1.54, 1.807) is 6.07 Å². The van der Waals surface area contributed by atoms with Crippen molar-refractivity contribution in [3.05, 3.63) is 22.2 Å². The maximum Gasteiger partial charge on any atom is 0.222 e. The number of ether oxygens (including phenoxy) is 2. The lowest BCUT2D eigenvalue weighted by molar-refractivity contribution is 0.170. The summed E-state index contributed by atoms with van der Waals surface area (Å²) in [5.74, 6) is 1.76. The molecule has 2 heterocycles. The Morgan fingerprint density at radius 1 is 1.32 bits per heavy atom. The van der Waals surface area contributed by atoms with Crippen LogP contribution >= 0.6 is 15.9 Å². The number of hydrogen-bond acceptors (Lipinski definition) is 5. The van der Waals surface area contributed by atoms with Crippen LogP contribution in [-0.2, 0) is 6.42 Å². The standard InChI is InChI=1S/C13H13BrN2O3/c1-2-7-8(9-6-11(15)19-16-9)5-10-13(12(7)14)18-4-3-17-10/h5-6H,2-4,15H2,1H3. The second-order valence-corrected chi connectivity index (χ2v) is 5.00. The summed E-state index contributed by atoms with van der Waals surface area (Å²) < 4.78 is 17.1. The van der Waals surface area contributed by atoms with Gasteiger partial charge in [-0.05, 0) is 34.0 Å². The van der Waals surface area contributed by atoms with E-state index in [1.165, 1.54) is 0 Å². The molecule has 6 heteroatoms. The number of fused-ring (bicyclic) bond motifs is 1. The topological polar surface area (TPSA) is 70.5 Å². The predicted molar refractivity (Wildman–Crippen MR) is 74.4 cm³/mol. The molecule has 100 valence electrons. The van der Waals surface area contributed by atoms with E-state index in [1.807, 2.05) is 6.07 Å². The maximum absolute atomic E-state index is 5.65. The number of nitrogen functional groups attached to an aromatic ring is 1. The van der Waals surface area contributed by atoms with Gasteiger partial charge in [-0.25, -0.2) is 0 Å². The van der Waals surface area contributed by atoms with Crippen molar-refractivity contribution in [3.63, 3.8) is 0 Å². The lowest BCUT2D eigenvalue weighted by atomic mass is 10.0. The zero-order chi connectivity index (χ0) is 13.4. The minimum atomic E-state index is 0.295. The minimum absolute atomic E-state index is 0.295. The van der Waals surface area contributed by atoms with Gasteiger partial charge < -0.3 is 19.7 Å². The number of halogens is 1. The van der Waals surface area contributed by atoms with Gasteiger partial charge in [-0.1, -0.05) is 12.1 Å². The van der Waals surface area contributed by atoms with Crippen LogP contribution in [0.5, 0.6) is 11.5 Å². The van der Waals surface area contributed by atoms with Gasteiger partial charge in [-0.15, -0.1) is 0 Å². The summed E-state index contributed by atoms with van der Waals surface area (Å²) >= 11 is 3.59. The Labute approximate surface area is 118 Å². The number of rotatable bonds is 2. The average Bonchev–Trinajstić information content (AvgIpc) is 2.85. The predicted octanol–water partition coefficient (Wildman–Crippen LogP) is 3.02. The molecule has 0 saturated carbocycles. The molecule has 0 spiro atoms. The monoisotopic (exact) mass is 324 g/mol. The van der Waals surface area contributed by atoms with Crippen LogP contribution in [0.3, 0.4) is 0 Å². The molecule has 0 atom stereocenters. The highest BCUT2D eigenvalue weighted by atomic mass is 79.9. The van der Waals surface area contributed by atoms with Gasteiger partial charge in [0.25, 0.3) is 0 Å². The summed E-state index contributed by atoms with van der Waals surface area (Å²) in [4.78, 5) is 0. The van der Waals surface area contributed by atoms with Crippen molar-refractivity contribution in [2.75, 3.05) is 18.9 Å². The Morgan fingerprint density at radius 2 is 2.11 bits per heavy atom. The second kappa shape index (κ2) is 4.77. The number of anilines is 1. The molecule has 0 radical (unpaired) electrons. The van der Waals surface area contributed by atoms with Crippen molar-refractivity contribution in [2.45, 2.75) is 13.3 Å². The van der Waals surface area contributed by atoms with Crippen LogP contribution in [0, 0.1) is 0 Å². The molecule has 3 rings (SSSR count). The van der Waals surface area contributed by atoms with E-state index in [0.717, 1.165) is 27.8 Å². The zero-order valence-corrected chi connectivity index (χ0v) is 12.0. The van der Waals surface area contributed by atoms with Crippen LogP contribution in [0.2, 0.25) is 0 Å². The summed E-state index contributed by atoms with van der Waals surface area (Å²) in [6.07, 6.45) is 0.833. The number of benzene rings is 1. The molecule has 2 aromatic rings. The third-order valence-corrected chi connectivity index (χ3v) is 3.87. The molecule has 1 aliphatic heterocycles. The number of nitrogens with zero attached hydrogens (tertiary/aromatic N) is 1. The fourth-order valence-electron chi connectivity index (χ4n) is 2.17. The van der Waals surface area contributed by atoms with Gasteiger partial charge in [0.1, 0.15) is 18.9 Å². The molecule has 0 fully saturated rings. The highest BCUT2D eigenvalue weighted by molar-refractivity contribution is 9.10. The SMILES string of the molecule is CCc1c(-c2cc(N)on2)cc2c(c1Br)OCCO2. The maximum atomic E-state index is 5.65. The van der Waals surface area contributed by atoms with Gasteiger partial charge in [0.05, 0.1) is 4.47 Å². The van der Waals surface area contributed by atoms with Crippen molar-refractivity contribution in [1.29, 1.82) is 0 Å². The summed E-state index contributed by atoms with van der Waals surface area (Å²) in [6.45, 7) is 3.18. The first-order valence-corrected chi connectivity index (χ1v) is 6.83. The van der Waals surface area contributed by atoms with Gasteiger partial charge >= 0.3 is 0 Å². The lowest BCUT2D eigenvalue weighted by Crippen LogP contribution is -2.16. The van der Waals surface area contributed by atoms with E-state index in [9.17, 15) is 0 Å². The van der Waals surface area contributed by atoms with E-state index >= 15 is 0 Å². The van der Waals surface area contributed by atoms with Gasteiger partial charge in [0.15, 0.2) is 11.5 Å². The fourth-order valence-corrected chi connectivity index (χ4v) is 2.98. The van der Waals surface area contributed by atoms with Crippen molar-refractivity contribution < 1.29 is 14.0 Å². The fraction of sp³-hybridized carbons (Fsp3) is 0.308. The largest absolute Gasteiger partial charge is 0.486 e. The van der Waals surface area contributed by atoms with E-state index in [2.05, 4.69) is 28.0 Å². The van der Waals surface area contributed by atoms with Crippen LogP contribution in [0.4, 0.5) is 5.88 Å². The molecular weight excluding hydrogens is 312 g/mol. The summed E-state index contributed by atoms with van der Waals surface area (Å²) in [7, 11) is 0. The normalized spacial score (nSPS) is 13.6. The summed E-state index contributed by atoms with van der Waals surface area (Å²) in [5, 5.41) is 3.97. The first-order chi connectivity index (χ1) is 9.20. The molecule has 0 unspecified atom stereocenters. The van der Waals surface area contributed by atoms with E-state index in [0.29, 0.717) is 30.5 Å². The Balaban J connectivity index is 2.21. The molecule has 1 aromatic carbocycles. The highest BCUT2D eigenvalue weighted by Gasteiger charge is 2.22. The van der Waals surface area contributed by atoms with Gasteiger partial charge in [0.2, 0.25) is 5.88 Å². The highest BCUT2D eigenvalue weighted by Crippen LogP contribution is 2.44. The number of aromatic nitrogens is 1. The first-order valence-electron chi connectivity index (χ1n) is 6.04. The Bertz CT molecular complexity index is 625. The molecule has 2 N–H and O–H groups in total. The number of hydrogen-bond donors (Lipinski definition) is 1. The molecule has 0 saturated heterocycles. The lowest BCUT2D eigenvalue weighted by Gasteiger charge is -2.22. The first kappa shape index (κ1) is 12.3. The van der Waals surface area contributed by atoms with E-state index < -0.39 is 0 Å². The van der Waals surface area contributed by atoms with Crippen molar-refractivity contribution in [2.24, 2.45) is 0 Å². The van der Waals surface area contributed by atoms with Crippen molar-refractivity contribution >= 4 is 21.8 Å². The Kier molecular flexibility index (Phi) is 3.10. The van der Waals surface area contributed by atoms with Gasteiger partial charge in [0, 0.05) is 11.6 Å². The van der Waals surface area contributed by atoms with Crippen LogP contribution in [-0.4, -0.2) is 18.4 Å². The molecule has 1 aliphatic rings. The van der Waals surface area contributed by atoms with Gasteiger partial charge in [-0.2, -0.15) is 0 Å². The molecule has 5 nitrogen and oxygen atoms in total. The third-order valence-electron chi connectivity index (χ3n) is 3.03. The van der Waals surface area contributed by atoms with Crippen molar-refractivity contribution in [1.82, 2.24) is 5.16 Å². The van der Waals surface area contributed by atoms with E-state index in [4.69, 9.17) is 19.7 Å². The Morgan fingerprint density at radius 3 is 2.79 bits per heavy atom. The van der Waals surface area contributed by atoms with Crippen molar-refractivity contribution in [3.8, 4) is 22.8 Å². The van der Waals surface area contributed by atoms with Crippen LogP contribution in [0.25, 0.3) is 11.3 Å². The molecule has 0 aliphatic carbocycles. The average molecular weight is 325 g/mol. The minimum Gasteiger partial charge on any atom is -0.486 e. The van der Waals surface area contributed by atoms with Crippen LogP contribution in [0.1, 0.15) is 12.5 Å². The summed E-state index contributed by atoms with van der Waals surface area (Å²) in [5.41, 5.74) is 8.33. The molecule has 1 aromatic heterocycles. The molecule has 19 heavy (non-hydrogen) atoms. The molecule has 0 bridgehead atoms. The Hall–Kier alpha value is -1.69. The molecule has 0 amide bonds. The third kappa shape index (κ3) is 2.06.